The van der Waals surface area contributed by atoms with E-state index in [1.165, 1.54) is 32.4 Å². The van der Waals surface area contributed by atoms with Gasteiger partial charge < -0.3 is 4.90 Å². The molecule has 2 fully saturated rings. The van der Waals surface area contributed by atoms with Gasteiger partial charge in [0.05, 0.1) is 0 Å². The normalized spacial score (nSPS) is 42.8. The summed E-state index contributed by atoms with van der Waals surface area (Å²) in [4.78, 5) is 2.69. The zero-order valence-electron chi connectivity index (χ0n) is 11.1. The van der Waals surface area contributed by atoms with Gasteiger partial charge in [-0.2, -0.15) is 0 Å². The Hall–Kier alpha value is -0.0400. The molecule has 0 spiro atoms. The topological polar surface area (TPSA) is 3.24 Å². The van der Waals surface area contributed by atoms with E-state index in [1.54, 1.807) is 0 Å². The van der Waals surface area contributed by atoms with Crippen LogP contribution in [0.4, 0.5) is 0 Å². The molecule has 0 amide bonds. The van der Waals surface area contributed by atoms with Gasteiger partial charge in [0, 0.05) is 6.04 Å². The molecular formula is C14H27N. The van der Waals surface area contributed by atoms with Crippen LogP contribution < -0.4 is 0 Å². The minimum Gasteiger partial charge on any atom is -0.301 e. The first-order valence-electron chi connectivity index (χ1n) is 6.70. The molecule has 0 saturated heterocycles. The molecular weight excluding hydrogens is 182 g/mol. The fourth-order valence-electron chi connectivity index (χ4n) is 4.32. The van der Waals surface area contributed by atoms with Crippen molar-refractivity contribution in [3.8, 4) is 0 Å². The van der Waals surface area contributed by atoms with Crippen LogP contribution in [0.15, 0.2) is 0 Å². The van der Waals surface area contributed by atoms with Crippen LogP contribution in [0.5, 0.6) is 0 Å². The number of fused-ring (bicyclic) bond motifs is 2. The van der Waals surface area contributed by atoms with Crippen LogP contribution in [-0.2, 0) is 0 Å². The highest BCUT2D eigenvalue weighted by Gasteiger charge is 2.61. The summed E-state index contributed by atoms with van der Waals surface area (Å²) in [5.74, 6) is 0.947. The number of rotatable bonds is 3. The minimum atomic E-state index is 0.570. The molecule has 88 valence electrons. The summed E-state index contributed by atoms with van der Waals surface area (Å²) in [5, 5.41) is 0. The lowest BCUT2D eigenvalue weighted by Crippen LogP contribution is -2.40. The second kappa shape index (κ2) is 3.48. The van der Waals surface area contributed by atoms with Crippen molar-refractivity contribution < 1.29 is 0 Å². The van der Waals surface area contributed by atoms with Gasteiger partial charge in [-0.05, 0) is 49.1 Å². The average Bonchev–Trinajstić information content (AvgIpc) is 2.50. The summed E-state index contributed by atoms with van der Waals surface area (Å²) < 4.78 is 0. The van der Waals surface area contributed by atoms with E-state index in [1.807, 2.05) is 0 Å². The molecule has 1 nitrogen and oxygen atoms in total. The van der Waals surface area contributed by atoms with E-state index in [-0.39, 0.29) is 0 Å². The Kier molecular flexibility index (Phi) is 2.65. The number of hydrogen-bond donors (Lipinski definition) is 0. The quantitative estimate of drug-likeness (QED) is 0.687. The third kappa shape index (κ3) is 1.39. The lowest BCUT2D eigenvalue weighted by molar-refractivity contribution is 0.136. The Labute approximate surface area is 95.2 Å². The Bertz CT molecular complexity index is 239. The molecule has 15 heavy (non-hydrogen) atoms. The van der Waals surface area contributed by atoms with Crippen LogP contribution in [-0.4, -0.2) is 24.0 Å². The van der Waals surface area contributed by atoms with E-state index >= 15 is 0 Å². The van der Waals surface area contributed by atoms with Crippen LogP contribution in [0.3, 0.4) is 0 Å². The van der Waals surface area contributed by atoms with Gasteiger partial charge in [-0.15, -0.1) is 0 Å². The highest BCUT2D eigenvalue weighted by molar-refractivity contribution is 5.12. The Morgan fingerprint density at radius 3 is 2.07 bits per heavy atom. The standard InChI is InChI=1S/C14H27N/c1-6-15(7-2)12-10-14(5)9-8-11(12)13(14,3)4/h11-12H,6-10H2,1-5H3. The van der Waals surface area contributed by atoms with E-state index in [9.17, 15) is 0 Å². The summed E-state index contributed by atoms with van der Waals surface area (Å²) >= 11 is 0. The smallest absolute Gasteiger partial charge is 0.0134 e. The molecule has 0 aromatic rings. The molecule has 0 heterocycles. The fraction of sp³-hybridized carbons (Fsp3) is 1.00. The lowest BCUT2D eigenvalue weighted by Gasteiger charge is -2.34. The highest BCUT2D eigenvalue weighted by atomic mass is 15.2. The van der Waals surface area contributed by atoms with Crippen molar-refractivity contribution in [3.05, 3.63) is 0 Å². The molecule has 0 aromatic carbocycles. The summed E-state index contributed by atoms with van der Waals surface area (Å²) in [6, 6.07) is 0.869. The van der Waals surface area contributed by atoms with Crippen molar-refractivity contribution in [1.29, 1.82) is 0 Å². The van der Waals surface area contributed by atoms with Crippen molar-refractivity contribution in [2.24, 2.45) is 16.7 Å². The zero-order chi connectivity index (χ0) is 11.3. The van der Waals surface area contributed by atoms with Crippen molar-refractivity contribution >= 4 is 0 Å². The first-order chi connectivity index (χ1) is 6.96. The second-order valence-electron chi connectivity index (χ2n) is 6.42. The predicted molar refractivity (Wildman–Crippen MR) is 65.9 cm³/mol. The molecule has 3 atom stereocenters. The number of hydrogen-bond acceptors (Lipinski definition) is 1. The van der Waals surface area contributed by atoms with Crippen LogP contribution in [0.1, 0.15) is 53.9 Å². The molecule has 0 N–H and O–H groups in total. The SMILES string of the molecule is CCN(CC)C1CC2(C)CCC1C2(C)C. The van der Waals surface area contributed by atoms with Crippen molar-refractivity contribution in [1.82, 2.24) is 4.90 Å². The van der Waals surface area contributed by atoms with Gasteiger partial charge >= 0.3 is 0 Å². The van der Waals surface area contributed by atoms with E-state index in [0.29, 0.717) is 10.8 Å². The fourth-order valence-corrected chi connectivity index (χ4v) is 4.32. The van der Waals surface area contributed by atoms with Gasteiger partial charge in [0.1, 0.15) is 0 Å². The molecule has 2 saturated carbocycles. The molecule has 3 unspecified atom stereocenters. The Morgan fingerprint density at radius 1 is 1.13 bits per heavy atom. The largest absolute Gasteiger partial charge is 0.301 e. The van der Waals surface area contributed by atoms with Crippen molar-refractivity contribution in [3.63, 3.8) is 0 Å². The van der Waals surface area contributed by atoms with Gasteiger partial charge in [0.15, 0.2) is 0 Å². The third-order valence-corrected chi connectivity index (χ3v) is 5.90. The summed E-state index contributed by atoms with van der Waals surface area (Å²) in [6.45, 7) is 14.6. The molecule has 1 heteroatoms. The minimum absolute atomic E-state index is 0.570. The first kappa shape index (κ1) is 11.4. The lowest BCUT2D eigenvalue weighted by atomic mass is 9.71. The highest BCUT2D eigenvalue weighted by Crippen LogP contribution is 2.66. The van der Waals surface area contributed by atoms with E-state index in [4.69, 9.17) is 0 Å². The van der Waals surface area contributed by atoms with E-state index < -0.39 is 0 Å². The van der Waals surface area contributed by atoms with Gasteiger partial charge in [-0.3, -0.25) is 0 Å². The number of nitrogens with zero attached hydrogens (tertiary/aromatic N) is 1. The predicted octanol–water partition coefficient (Wildman–Crippen LogP) is 3.54. The molecule has 2 aliphatic carbocycles. The molecule has 0 radical (unpaired) electrons. The maximum absolute atomic E-state index is 2.69. The van der Waals surface area contributed by atoms with Crippen LogP contribution >= 0.6 is 0 Å². The van der Waals surface area contributed by atoms with Crippen molar-refractivity contribution in [2.75, 3.05) is 13.1 Å². The van der Waals surface area contributed by atoms with E-state index in [2.05, 4.69) is 39.5 Å². The maximum atomic E-state index is 2.69. The molecule has 2 bridgehead atoms. The zero-order valence-corrected chi connectivity index (χ0v) is 11.1. The van der Waals surface area contributed by atoms with Crippen LogP contribution in [0, 0.1) is 16.7 Å². The Morgan fingerprint density at radius 2 is 1.73 bits per heavy atom. The average molecular weight is 209 g/mol. The second-order valence-corrected chi connectivity index (χ2v) is 6.42. The van der Waals surface area contributed by atoms with Crippen LogP contribution in [0.2, 0.25) is 0 Å². The first-order valence-corrected chi connectivity index (χ1v) is 6.70. The molecule has 2 aliphatic rings. The monoisotopic (exact) mass is 209 g/mol. The third-order valence-electron chi connectivity index (χ3n) is 5.90. The summed E-state index contributed by atoms with van der Waals surface area (Å²) in [6.07, 6.45) is 4.36. The summed E-state index contributed by atoms with van der Waals surface area (Å²) in [5.41, 5.74) is 1.19. The van der Waals surface area contributed by atoms with Gasteiger partial charge in [0.25, 0.3) is 0 Å². The van der Waals surface area contributed by atoms with Crippen LogP contribution in [0.25, 0.3) is 0 Å². The molecule has 0 aliphatic heterocycles. The maximum Gasteiger partial charge on any atom is 0.0134 e. The van der Waals surface area contributed by atoms with E-state index in [0.717, 1.165) is 12.0 Å². The van der Waals surface area contributed by atoms with Gasteiger partial charge in [-0.1, -0.05) is 34.6 Å². The molecule has 0 aromatic heterocycles. The van der Waals surface area contributed by atoms with Crippen molar-refractivity contribution in [2.45, 2.75) is 59.9 Å². The molecule has 2 rings (SSSR count). The Balaban J connectivity index is 2.21. The summed E-state index contributed by atoms with van der Waals surface area (Å²) in [7, 11) is 0. The van der Waals surface area contributed by atoms with Gasteiger partial charge in [-0.25, -0.2) is 0 Å². The van der Waals surface area contributed by atoms with Gasteiger partial charge in [0.2, 0.25) is 0 Å².